The van der Waals surface area contributed by atoms with E-state index < -0.39 is 12.0 Å². The number of hydrogen-bond donors (Lipinski definition) is 2. The van der Waals surface area contributed by atoms with E-state index in [9.17, 15) is 14.0 Å². The van der Waals surface area contributed by atoms with Crippen LogP contribution in [0.5, 0.6) is 0 Å². The fraction of sp³-hybridized carbons (Fsp3) is 0.333. The van der Waals surface area contributed by atoms with E-state index in [-0.39, 0.29) is 18.3 Å². The first kappa shape index (κ1) is 18.6. The van der Waals surface area contributed by atoms with Crippen LogP contribution in [-0.2, 0) is 14.3 Å². The van der Waals surface area contributed by atoms with E-state index >= 15 is 0 Å². The van der Waals surface area contributed by atoms with E-state index in [0.29, 0.717) is 30.4 Å². The van der Waals surface area contributed by atoms with Crippen LogP contribution < -0.4 is 15.5 Å². The predicted molar refractivity (Wildman–Crippen MR) is 97.1 cm³/mol. The quantitative estimate of drug-likeness (QED) is 0.743. The van der Waals surface area contributed by atoms with Gasteiger partial charge in [-0.05, 0) is 31.0 Å². The van der Waals surface area contributed by atoms with Crippen molar-refractivity contribution in [1.29, 1.82) is 0 Å². The van der Waals surface area contributed by atoms with Crippen LogP contribution in [-0.4, -0.2) is 48.1 Å². The van der Waals surface area contributed by atoms with Crippen molar-refractivity contribution >= 4 is 29.3 Å². The molecule has 1 aromatic carbocycles. The number of carbonyl (C=O) groups is 2. The van der Waals surface area contributed by atoms with E-state index in [0.717, 1.165) is 6.42 Å². The van der Waals surface area contributed by atoms with E-state index in [1.807, 2.05) is 0 Å². The molecule has 0 saturated carbocycles. The molecule has 1 aliphatic heterocycles. The van der Waals surface area contributed by atoms with Gasteiger partial charge in [-0.1, -0.05) is 12.1 Å². The average Bonchev–Trinajstić information content (AvgIpc) is 3.18. The first-order chi connectivity index (χ1) is 13.1. The summed E-state index contributed by atoms with van der Waals surface area (Å²) in [7, 11) is 1.26. The number of hydrogen-bond acceptors (Lipinski definition) is 7. The van der Waals surface area contributed by atoms with Crippen molar-refractivity contribution in [2.75, 3.05) is 30.4 Å². The van der Waals surface area contributed by atoms with Crippen LogP contribution in [0.1, 0.15) is 12.8 Å². The second kappa shape index (κ2) is 8.43. The molecular weight excluding hydrogens is 353 g/mol. The smallest absolute Gasteiger partial charge is 0.325 e. The highest BCUT2D eigenvalue weighted by atomic mass is 19.1. The molecule has 27 heavy (non-hydrogen) atoms. The molecule has 1 aromatic heterocycles. The third-order valence-corrected chi connectivity index (χ3v) is 4.23. The third kappa shape index (κ3) is 4.49. The number of halogens is 1. The molecule has 1 unspecified atom stereocenters. The Labute approximate surface area is 155 Å². The van der Waals surface area contributed by atoms with Crippen molar-refractivity contribution < 1.29 is 18.7 Å². The average molecular weight is 373 g/mol. The predicted octanol–water partition coefficient (Wildman–Crippen LogP) is 1.62. The number of carbonyl (C=O) groups excluding carboxylic acids is 2. The van der Waals surface area contributed by atoms with E-state index in [1.165, 1.54) is 13.2 Å². The number of esters is 1. The van der Waals surface area contributed by atoms with Crippen molar-refractivity contribution in [3.63, 3.8) is 0 Å². The highest BCUT2D eigenvalue weighted by molar-refractivity contribution is 5.88. The molecule has 1 fully saturated rings. The van der Waals surface area contributed by atoms with Crippen LogP contribution in [0.25, 0.3) is 0 Å². The zero-order valence-electron chi connectivity index (χ0n) is 14.8. The minimum Gasteiger partial charge on any atom is -0.468 e. The highest BCUT2D eigenvalue weighted by Crippen LogP contribution is 2.24. The lowest BCUT2D eigenvalue weighted by molar-refractivity contribution is -0.141. The van der Waals surface area contributed by atoms with Gasteiger partial charge in [-0.3, -0.25) is 9.59 Å². The molecule has 2 heterocycles. The summed E-state index contributed by atoms with van der Waals surface area (Å²) in [6.07, 6.45) is 2.97. The summed E-state index contributed by atoms with van der Waals surface area (Å²) >= 11 is 0. The zero-order valence-corrected chi connectivity index (χ0v) is 14.8. The Kier molecular flexibility index (Phi) is 5.80. The van der Waals surface area contributed by atoms with Gasteiger partial charge in [0.2, 0.25) is 11.9 Å². The lowest BCUT2D eigenvalue weighted by Gasteiger charge is -2.24. The van der Waals surface area contributed by atoms with Crippen LogP contribution in [0.15, 0.2) is 36.5 Å². The molecule has 3 rings (SSSR count). The van der Waals surface area contributed by atoms with Gasteiger partial charge in [0.1, 0.15) is 24.2 Å². The molecule has 1 atom stereocenters. The molecule has 2 N–H and O–H groups in total. The summed E-state index contributed by atoms with van der Waals surface area (Å²) in [6, 6.07) is 7.43. The Balaban J connectivity index is 1.72. The third-order valence-electron chi connectivity index (χ3n) is 4.23. The van der Waals surface area contributed by atoms with Gasteiger partial charge in [0.05, 0.1) is 12.8 Å². The van der Waals surface area contributed by atoms with Crippen LogP contribution in [0.3, 0.4) is 0 Å². The Bertz CT molecular complexity index is 832. The SMILES string of the molecule is COC(=O)CNC(=O)C1CCCN1c1nccc(Nc2ccccc2F)n1. The van der Waals surface area contributed by atoms with Gasteiger partial charge in [0, 0.05) is 12.7 Å². The maximum atomic E-state index is 13.8. The first-order valence-corrected chi connectivity index (χ1v) is 8.54. The topological polar surface area (TPSA) is 96.5 Å². The molecule has 1 saturated heterocycles. The lowest BCUT2D eigenvalue weighted by atomic mass is 10.2. The van der Waals surface area contributed by atoms with Crippen LogP contribution >= 0.6 is 0 Å². The molecule has 0 radical (unpaired) electrons. The zero-order chi connectivity index (χ0) is 19.2. The Morgan fingerprint density at radius 2 is 2.15 bits per heavy atom. The summed E-state index contributed by atoms with van der Waals surface area (Å²) < 4.78 is 18.3. The minimum absolute atomic E-state index is 0.185. The molecule has 2 aromatic rings. The molecule has 8 nitrogen and oxygen atoms in total. The number of ether oxygens (including phenoxy) is 1. The number of aromatic nitrogens is 2. The molecule has 0 spiro atoms. The molecule has 1 amide bonds. The highest BCUT2D eigenvalue weighted by Gasteiger charge is 2.32. The maximum Gasteiger partial charge on any atom is 0.325 e. The second-order valence-corrected chi connectivity index (χ2v) is 5.99. The molecule has 142 valence electrons. The molecule has 0 aliphatic carbocycles. The largest absolute Gasteiger partial charge is 0.468 e. The summed E-state index contributed by atoms with van der Waals surface area (Å²) in [4.78, 5) is 34.0. The Hall–Kier alpha value is -3.23. The van der Waals surface area contributed by atoms with Crippen molar-refractivity contribution in [1.82, 2.24) is 15.3 Å². The number of methoxy groups -OCH3 is 1. The summed E-state index contributed by atoms with van der Waals surface area (Å²) in [5.74, 6) is -0.397. The normalized spacial score (nSPS) is 16.1. The van der Waals surface area contributed by atoms with E-state index in [2.05, 4.69) is 25.3 Å². The van der Waals surface area contributed by atoms with Crippen molar-refractivity contribution in [3.8, 4) is 0 Å². The van der Waals surface area contributed by atoms with E-state index in [1.54, 1.807) is 35.4 Å². The Morgan fingerprint density at radius 1 is 1.33 bits per heavy atom. The molecule has 0 bridgehead atoms. The monoisotopic (exact) mass is 373 g/mol. The lowest BCUT2D eigenvalue weighted by Crippen LogP contribution is -2.45. The number of nitrogens with zero attached hydrogens (tertiary/aromatic N) is 3. The van der Waals surface area contributed by atoms with Crippen molar-refractivity contribution in [3.05, 3.63) is 42.3 Å². The van der Waals surface area contributed by atoms with Gasteiger partial charge in [0.15, 0.2) is 0 Å². The van der Waals surface area contributed by atoms with Gasteiger partial charge in [-0.25, -0.2) is 9.37 Å². The van der Waals surface area contributed by atoms with Gasteiger partial charge >= 0.3 is 5.97 Å². The van der Waals surface area contributed by atoms with Gasteiger partial charge in [-0.15, -0.1) is 0 Å². The molecule has 9 heteroatoms. The first-order valence-electron chi connectivity index (χ1n) is 8.54. The standard InChI is InChI=1S/C18H20FN5O3/c1-27-16(25)11-21-17(26)14-7-4-10-24(14)18-20-9-8-15(23-18)22-13-6-3-2-5-12(13)19/h2-3,5-6,8-9,14H,4,7,10-11H2,1H3,(H,21,26)(H,20,22,23). The summed E-state index contributed by atoms with van der Waals surface area (Å²) in [6.45, 7) is 0.425. The maximum absolute atomic E-state index is 13.8. The fourth-order valence-electron chi connectivity index (χ4n) is 2.88. The second-order valence-electron chi connectivity index (χ2n) is 5.99. The summed E-state index contributed by atoms with van der Waals surface area (Å²) in [5, 5.41) is 5.47. The van der Waals surface area contributed by atoms with Gasteiger partial charge < -0.3 is 20.3 Å². The fourth-order valence-corrected chi connectivity index (χ4v) is 2.88. The van der Waals surface area contributed by atoms with Crippen LogP contribution in [0.4, 0.5) is 21.8 Å². The number of nitrogens with one attached hydrogen (secondary N) is 2. The van der Waals surface area contributed by atoms with E-state index in [4.69, 9.17) is 0 Å². The van der Waals surface area contributed by atoms with Crippen molar-refractivity contribution in [2.24, 2.45) is 0 Å². The molecular formula is C18H20FN5O3. The van der Waals surface area contributed by atoms with Crippen LogP contribution in [0, 0.1) is 5.82 Å². The number of rotatable bonds is 6. The van der Waals surface area contributed by atoms with Crippen molar-refractivity contribution in [2.45, 2.75) is 18.9 Å². The number of benzene rings is 1. The van der Waals surface area contributed by atoms with Crippen LogP contribution in [0.2, 0.25) is 0 Å². The summed E-state index contributed by atoms with van der Waals surface area (Å²) in [5.41, 5.74) is 0.302. The minimum atomic E-state index is -0.514. The van der Waals surface area contributed by atoms with Gasteiger partial charge in [0.25, 0.3) is 0 Å². The molecule has 1 aliphatic rings. The number of amides is 1. The number of para-hydroxylation sites is 1. The number of anilines is 3. The Morgan fingerprint density at radius 3 is 2.93 bits per heavy atom. The van der Waals surface area contributed by atoms with Gasteiger partial charge in [-0.2, -0.15) is 4.98 Å².